The average molecular weight is 451 g/mol. The third-order valence-electron chi connectivity index (χ3n) is 7.62. The van der Waals surface area contributed by atoms with E-state index in [-0.39, 0.29) is 12.1 Å². The Morgan fingerprint density at radius 1 is 1.22 bits per heavy atom. The van der Waals surface area contributed by atoms with Crippen LogP contribution in [-0.2, 0) is 21.5 Å². The molecule has 1 amide bonds. The van der Waals surface area contributed by atoms with Crippen LogP contribution in [0.5, 0.6) is 5.75 Å². The van der Waals surface area contributed by atoms with Crippen molar-refractivity contribution in [2.24, 2.45) is 22.1 Å². The van der Waals surface area contributed by atoms with Gasteiger partial charge in [-0.1, -0.05) is 6.07 Å². The van der Waals surface area contributed by atoms with Crippen molar-refractivity contribution in [3.05, 3.63) is 29.3 Å². The van der Waals surface area contributed by atoms with Gasteiger partial charge in [-0.05, 0) is 74.1 Å². The lowest BCUT2D eigenvalue weighted by Gasteiger charge is -2.45. The van der Waals surface area contributed by atoms with Gasteiger partial charge in [0.05, 0.1) is 12.7 Å². The quantitative estimate of drug-likeness (QED) is 0.743. The molecular weight excluding hydrogens is 423 g/mol. The molecule has 2 N–H and O–H groups in total. The lowest BCUT2D eigenvalue weighted by Crippen LogP contribution is -2.53. The molecule has 1 aromatic rings. The van der Waals surface area contributed by atoms with Crippen molar-refractivity contribution in [1.82, 2.24) is 4.90 Å². The molecule has 5 rings (SSSR count). The second kappa shape index (κ2) is 7.37. The predicted octanol–water partition coefficient (Wildman–Crippen LogP) is 3.52. The number of nitrogens with zero attached hydrogens (tertiary/aromatic N) is 2. The van der Waals surface area contributed by atoms with Crippen LogP contribution in [0, 0.1) is 11.3 Å². The van der Waals surface area contributed by atoms with Crippen molar-refractivity contribution in [2.75, 3.05) is 20.3 Å². The van der Waals surface area contributed by atoms with Gasteiger partial charge in [-0.25, -0.2) is 4.99 Å². The van der Waals surface area contributed by atoms with E-state index in [0.717, 1.165) is 31.2 Å². The van der Waals surface area contributed by atoms with Gasteiger partial charge < -0.3 is 15.2 Å². The molecule has 1 aliphatic heterocycles. The zero-order valence-corrected chi connectivity index (χ0v) is 18.1. The largest absolute Gasteiger partial charge is 0.493 e. The molecule has 9 heteroatoms. The smallest absolute Gasteiger partial charge is 0.406 e. The summed E-state index contributed by atoms with van der Waals surface area (Å²) >= 11 is 0. The van der Waals surface area contributed by atoms with Crippen LogP contribution in [0.15, 0.2) is 23.2 Å². The van der Waals surface area contributed by atoms with E-state index in [1.54, 1.807) is 13.2 Å². The van der Waals surface area contributed by atoms with Gasteiger partial charge in [0, 0.05) is 12.5 Å². The number of fused-ring (bicyclic) bond motifs is 3. The maximum atomic E-state index is 13.8. The van der Waals surface area contributed by atoms with Gasteiger partial charge >= 0.3 is 6.18 Å². The number of amides is 1. The molecule has 0 unspecified atom stereocenters. The summed E-state index contributed by atoms with van der Waals surface area (Å²) in [6.45, 7) is -0.834. The number of nitrogens with two attached hydrogens (primary N) is 1. The van der Waals surface area contributed by atoms with Crippen molar-refractivity contribution in [2.45, 2.75) is 62.8 Å². The number of benzene rings is 1. The highest BCUT2D eigenvalue weighted by Crippen LogP contribution is 2.62. The second-order valence-corrected chi connectivity index (χ2v) is 9.65. The van der Waals surface area contributed by atoms with Gasteiger partial charge in [0.1, 0.15) is 12.3 Å². The predicted molar refractivity (Wildman–Crippen MR) is 111 cm³/mol. The molecule has 2 spiro atoms. The number of hydrogen-bond acceptors (Lipinski definition) is 5. The van der Waals surface area contributed by atoms with E-state index >= 15 is 0 Å². The SMILES string of the molecule is CO[C@H]1CC[C@]2(CC1)Cc1ccc(OCC3CC3)cc1[C@]21N=C(N)N(CC(F)(F)F)C1=O. The van der Waals surface area contributed by atoms with Crippen LogP contribution in [0.1, 0.15) is 49.7 Å². The van der Waals surface area contributed by atoms with E-state index in [4.69, 9.17) is 15.2 Å². The fourth-order valence-corrected chi connectivity index (χ4v) is 5.76. The first kappa shape index (κ1) is 21.6. The van der Waals surface area contributed by atoms with Crippen molar-refractivity contribution in [3.63, 3.8) is 0 Å². The Kier molecular flexibility index (Phi) is 4.96. The fourth-order valence-electron chi connectivity index (χ4n) is 5.76. The minimum absolute atomic E-state index is 0.0722. The molecule has 174 valence electrons. The topological polar surface area (TPSA) is 77.2 Å². The number of guanidine groups is 1. The normalized spacial score (nSPS) is 32.0. The molecule has 32 heavy (non-hydrogen) atoms. The molecule has 0 radical (unpaired) electrons. The van der Waals surface area contributed by atoms with E-state index in [1.807, 2.05) is 12.1 Å². The van der Waals surface area contributed by atoms with Crippen LogP contribution in [0.25, 0.3) is 0 Å². The molecule has 6 nitrogen and oxygen atoms in total. The minimum Gasteiger partial charge on any atom is -0.493 e. The number of hydrogen-bond donors (Lipinski definition) is 1. The monoisotopic (exact) mass is 451 g/mol. The number of carbonyl (C=O) groups is 1. The van der Waals surface area contributed by atoms with Gasteiger partial charge in [-0.2, -0.15) is 13.2 Å². The number of ether oxygens (including phenoxy) is 2. The summed E-state index contributed by atoms with van der Waals surface area (Å²) in [6.07, 6.45) is 1.06. The molecule has 1 heterocycles. The summed E-state index contributed by atoms with van der Waals surface area (Å²) in [5, 5.41) is 0. The fraction of sp³-hybridized carbons (Fsp3) is 0.652. The number of alkyl halides is 3. The molecule has 1 aromatic carbocycles. The molecule has 4 aliphatic rings. The van der Waals surface area contributed by atoms with Gasteiger partial charge in [0.15, 0.2) is 11.5 Å². The van der Waals surface area contributed by atoms with Crippen molar-refractivity contribution in [1.29, 1.82) is 0 Å². The number of carbonyl (C=O) groups excluding carboxylic acids is 1. The molecule has 2 fully saturated rings. The molecule has 0 bridgehead atoms. The highest BCUT2D eigenvalue weighted by molar-refractivity contribution is 6.08. The Bertz CT molecular complexity index is 952. The first-order chi connectivity index (χ1) is 15.2. The van der Waals surface area contributed by atoms with Crippen LogP contribution in [0.4, 0.5) is 13.2 Å². The first-order valence-corrected chi connectivity index (χ1v) is 11.2. The Morgan fingerprint density at radius 2 is 1.94 bits per heavy atom. The average Bonchev–Trinajstić information content (AvgIpc) is 3.50. The van der Waals surface area contributed by atoms with E-state index in [1.165, 1.54) is 0 Å². The van der Waals surface area contributed by atoms with Crippen molar-refractivity contribution >= 4 is 11.9 Å². The number of aliphatic imine (C=N–C) groups is 1. The standard InChI is InChI=1S/C23H28F3N3O3/c1-31-16-6-8-21(9-7-16)11-15-4-5-17(32-12-14-2-3-14)10-18(15)23(21)19(30)29(20(27)28-23)13-22(24,25)26/h4-5,10,14,16H,2-3,6-9,11-13H2,1H3,(H2,27,28)/t16-,21-,23-/m1/s1. The third-order valence-corrected chi connectivity index (χ3v) is 7.62. The molecular formula is C23H28F3N3O3. The Labute approximate surface area is 184 Å². The molecule has 1 atom stereocenters. The lowest BCUT2D eigenvalue weighted by atomic mass is 9.61. The van der Waals surface area contributed by atoms with Crippen LogP contribution in [0.3, 0.4) is 0 Å². The Balaban J connectivity index is 1.57. The third kappa shape index (κ3) is 3.36. The summed E-state index contributed by atoms with van der Waals surface area (Å²) in [7, 11) is 1.66. The number of methoxy groups -OCH3 is 1. The Hall–Kier alpha value is -2.29. The van der Waals surface area contributed by atoms with E-state index in [9.17, 15) is 18.0 Å². The van der Waals surface area contributed by atoms with Crippen LogP contribution in [0.2, 0.25) is 0 Å². The second-order valence-electron chi connectivity index (χ2n) is 9.65. The first-order valence-electron chi connectivity index (χ1n) is 11.2. The summed E-state index contributed by atoms with van der Waals surface area (Å²) in [6, 6.07) is 5.62. The minimum atomic E-state index is -4.57. The van der Waals surface area contributed by atoms with E-state index in [0.29, 0.717) is 48.0 Å². The molecule has 2 saturated carbocycles. The van der Waals surface area contributed by atoms with Crippen LogP contribution < -0.4 is 10.5 Å². The highest BCUT2D eigenvalue weighted by atomic mass is 19.4. The lowest BCUT2D eigenvalue weighted by molar-refractivity contribution is -0.158. The number of rotatable bonds is 5. The maximum Gasteiger partial charge on any atom is 0.406 e. The molecule has 0 saturated heterocycles. The summed E-state index contributed by atoms with van der Waals surface area (Å²) < 4.78 is 51.2. The molecule has 0 aromatic heterocycles. The zero-order valence-electron chi connectivity index (χ0n) is 18.1. The summed E-state index contributed by atoms with van der Waals surface area (Å²) in [5.41, 5.74) is 5.47. The molecule has 3 aliphatic carbocycles. The van der Waals surface area contributed by atoms with E-state index < -0.39 is 29.6 Å². The van der Waals surface area contributed by atoms with Crippen molar-refractivity contribution in [3.8, 4) is 5.75 Å². The number of halogens is 3. The van der Waals surface area contributed by atoms with Gasteiger partial charge in [0.2, 0.25) is 0 Å². The Morgan fingerprint density at radius 3 is 2.56 bits per heavy atom. The van der Waals surface area contributed by atoms with Gasteiger partial charge in [0.25, 0.3) is 5.91 Å². The summed E-state index contributed by atoms with van der Waals surface area (Å²) in [5.74, 6) is 0.129. The summed E-state index contributed by atoms with van der Waals surface area (Å²) in [4.78, 5) is 18.9. The van der Waals surface area contributed by atoms with Crippen LogP contribution >= 0.6 is 0 Å². The van der Waals surface area contributed by atoms with Crippen LogP contribution in [-0.4, -0.2) is 49.3 Å². The van der Waals surface area contributed by atoms with Gasteiger partial charge in [-0.3, -0.25) is 9.69 Å². The zero-order chi connectivity index (χ0) is 22.7. The van der Waals surface area contributed by atoms with E-state index in [2.05, 4.69) is 4.99 Å². The van der Waals surface area contributed by atoms with Crippen molar-refractivity contribution < 1.29 is 27.4 Å². The van der Waals surface area contributed by atoms with Gasteiger partial charge in [-0.15, -0.1) is 0 Å². The maximum absolute atomic E-state index is 13.8. The highest BCUT2D eigenvalue weighted by Gasteiger charge is 2.67.